The van der Waals surface area contributed by atoms with Gasteiger partial charge in [-0.25, -0.2) is 0 Å². The normalized spacial score (nSPS) is 21.6. The van der Waals surface area contributed by atoms with Crippen LogP contribution in [-0.2, 0) is 33.6 Å². The van der Waals surface area contributed by atoms with Gasteiger partial charge in [0.05, 0.1) is 18.0 Å². The predicted octanol–water partition coefficient (Wildman–Crippen LogP) is 4.70. The fraction of sp³-hybridized carbons (Fsp3) is 0.559. The molecule has 5 atom stereocenters. The molecule has 7 heteroatoms. The Hall–Kier alpha value is -3.19. The molecule has 2 aliphatic rings. The van der Waals surface area contributed by atoms with Gasteiger partial charge < -0.3 is 21.1 Å². The number of rotatable bonds is 10. The zero-order valence-corrected chi connectivity index (χ0v) is 25.3. The Bertz CT molecular complexity index is 1250. The second kappa shape index (κ2) is 13.2. The molecule has 0 bridgehead atoms. The van der Waals surface area contributed by atoms with E-state index in [1.165, 1.54) is 11.1 Å². The van der Waals surface area contributed by atoms with Gasteiger partial charge >= 0.3 is 0 Å². The van der Waals surface area contributed by atoms with Gasteiger partial charge in [0, 0.05) is 18.4 Å². The van der Waals surface area contributed by atoms with Crippen LogP contribution < -0.4 is 21.1 Å². The van der Waals surface area contributed by atoms with E-state index in [2.05, 4.69) is 22.8 Å². The van der Waals surface area contributed by atoms with Crippen LogP contribution in [0.15, 0.2) is 42.5 Å². The lowest BCUT2D eigenvalue weighted by Gasteiger charge is -2.39. The SMILES string of the molecule is CC[C@@H](C)C(=O)N[C@H](C(=O)C1Cc2cc(OCCN)ccc2C[C@H]1C(=O)N[C@@H]1CCCc2ccccc21)C(C)(C)C. The molecule has 41 heavy (non-hydrogen) atoms. The smallest absolute Gasteiger partial charge is 0.224 e. The van der Waals surface area contributed by atoms with Crippen molar-refractivity contribution in [1.82, 2.24) is 10.6 Å². The first-order valence-electron chi connectivity index (χ1n) is 15.2. The predicted molar refractivity (Wildman–Crippen MR) is 161 cm³/mol. The molecule has 4 rings (SSSR count). The molecule has 4 N–H and O–H groups in total. The third-order valence-corrected chi connectivity index (χ3v) is 8.81. The summed E-state index contributed by atoms with van der Waals surface area (Å²) in [5.41, 5.74) is 9.61. The second-order valence-electron chi connectivity index (χ2n) is 12.9. The number of ether oxygens (including phenoxy) is 1. The monoisotopic (exact) mass is 561 g/mol. The number of hydrogen-bond donors (Lipinski definition) is 3. The minimum absolute atomic E-state index is 0.0693. The lowest BCUT2D eigenvalue weighted by Crippen LogP contribution is -2.55. The van der Waals surface area contributed by atoms with Crippen LogP contribution in [-0.4, -0.2) is 36.8 Å². The van der Waals surface area contributed by atoms with Crippen LogP contribution in [0, 0.1) is 23.2 Å². The zero-order chi connectivity index (χ0) is 29.7. The first-order valence-corrected chi connectivity index (χ1v) is 15.2. The highest BCUT2D eigenvalue weighted by Crippen LogP contribution is 2.37. The van der Waals surface area contributed by atoms with Crippen LogP contribution in [0.25, 0.3) is 0 Å². The molecule has 0 aliphatic heterocycles. The maximum atomic E-state index is 14.4. The van der Waals surface area contributed by atoms with E-state index in [0.717, 1.165) is 30.4 Å². The number of Topliss-reactive ketones (excluding diaryl/α,β-unsaturated/α-hetero) is 1. The Labute approximate surface area is 245 Å². The Morgan fingerprint density at radius 3 is 2.46 bits per heavy atom. The second-order valence-corrected chi connectivity index (χ2v) is 12.9. The van der Waals surface area contributed by atoms with Crippen LogP contribution in [0.1, 0.15) is 82.2 Å². The first-order chi connectivity index (χ1) is 19.5. The standard InChI is InChI=1S/C34H47N3O4/c1-6-21(2)32(39)37-31(34(3,4)5)30(38)27-20-24-18-25(41-17-16-35)15-14-23(24)19-28(27)33(40)36-29-13-9-11-22-10-7-8-12-26(22)29/h7-8,10,12,14-15,18,21,27-29,31H,6,9,11,13,16-17,19-20,35H2,1-5H3,(H,36,40)(H,37,39)/t21-,27?,28-,29-,31-/m1/s1. The van der Waals surface area contributed by atoms with Crippen molar-refractivity contribution in [2.45, 2.75) is 85.2 Å². The van der Waals surface area contributed by atoms with E-state index in [0.29, 0.717) is 38.2 Å². The summed E-state index contributed by atoms with van der Waals surface area (Å²) in [6, 6.07) is 13.4. The lowest BCUT2D eigenvalue weighted by atomic mass is 9.69. The van der Waals surface area contributed by atoms with Crippen molar-refractivity contribution in [1.29, 1.82) is 0 Å². The summed E-state index contributed by atoms with van der Waals surface area (Å²) in [7, 11) is 0. The van der Waals surface area contributed by atoms with Gasteiger partial charge in [0.25, 0.3) is 0 Å². The average molecular weight is 562 g/mol. The number of aryl methyl sites for hydroxylation is 1. The summed E-state index contributed by atoms with van der Waals surface area (Å²) in [4.78, 5) is 41.5. The van der Waals surface area contributed by atoms with E-state index >= 15 is 0 Å². The van der Waals surface area contributed by atoms with E-state index < -0.39 is 23.3 Å². The Balaban J connectivity index is 1.66. The number of hydrogen-bond acceptors (Lipinski definition) is 5. The number of carbonyl (C=O) groups is 3. The molecule has 2 aromatic rings. The fourth-order valence-corrected chi connectivity index (χ4v) is 6.17. The van der Waals surface area contributed by atoms with Gasteiger partial charge in [0.2, 0.25) is 11.8 Å². The quantitative estimate of drug-likeness (QED) is 0.390. The van der Waals surface area contributed by atoms with Gasteiger partial charge in [-0.05, 0) is 78.3 Å². The summed E-state index contributed by atoms with van der Waals surface area (Å²) >= 11 is 0. The van der Waals surface area contributed by atoms with Crippen molar-refractivity contribution in [3.8, 4) is 5.75 Å². The van der Waals surface area contributed by atoms with Gasteiger partial charge in [0.1, 0.15) is 12.4 Å². The number of benzene rings is 2. The molecule has 0 heterocycles. The third-order valence-electron chi connectivity index (χ3n) is 8.81. The zero-order valence-electron chi connectivity index (χ0n) is 25.3. The molecule has 0 aromatic heterocycles. The van der Waals surface area contributed by atoms with Crippen molar-refractivity contribution in [3.63, 3.8) is 0 Å². The van der Waals surface area contributed by atoms with Crippen molar-refractivity contribution in [2.24, 2.45) is 28.9 Å². The highest BCUT2D eigenvalue weighted by atomic mass is 16.5. The van der Waals surface area contributed by atoms with Crippen LogP contribution in [0.3, 0.4) is 0 Å². The van der Waals surface area contributed by atoms with Crippen molar-refractivity contribution >= 4 is 17.6 Å². The molecule has 2 amide bonds. The van der Waals surface area contributed by atoms with Crippen molar-refractivity contribution in [2.75, 3.05) is 13.2 Å². The highest BCUT2D eigenvalue weighted by Gasteiger charge is 2.44. The topological polar surface area (TPSA) is 111 Å². The molecule has 0 saturated carbocycles. The molecule has 0 radical (unpaired) electrons. The van der Waals surface area contributed by atoms with Crippen molar-refractivity contribution in [3.05, 3.63) is 64.7 Å². The van der Waals surface area contributed by atoms with Crippen LogP contribution >= 0.6 is 0 Å². The summed E-state index contributed by atoms with van der Waals surface area (Å²) in [5, 5.41) is 6.39. The van der Waals surface area contributed by atoms with Gasteiger partial charge in [0.15, 0.2) is 5.78 Å². The number of fused-ring (bicyclic) bond motifs is 2. The summed E-state index contributed by atoms with van der Waals surface area (Å²) < 4.78 is 5.77. The Morgan fingerprint density at radius 2 is 1.76 bits per heavy atom. The Kier molecular flexibility index (Phi) is 9.90. The fourth-order valence-electron chi connectivity index (χ4n) is 6.17. The number of nitrogens with two attached hydrogens (primary N) is 1. The minimum atomic E-state index is -0.710. The van der Waals surface area contributed by atoms with Gasteiger partial charge in [-0.1, -0.05) is 65.0 Å². The summed E-state index contributed by atoms with van der Waals surface area (Å²) in [5.74, 6) is -0.920. The van der Waals surface area contributed by atoms with E-state index in [1.54, 1.807) is 0 Å². The molecule has 0 spiro atoms. The third kappa shape index (κ3) is 7.18. The molecule has 222 valence electrons. The first kappa shape index (κ1) is 30.8. The van der Waals surface area contributed by atoms with Gasteiger partial charge in [-0.3, -0.25) is 14.4 Å². The number of ketones is 1. The van der Waals surface area contributed by atoms with E-state index in [9.17, 15) is 14.4 Å². The number of carbonyl (C=O) groups excluding carboxylic acids is 3. The lowest BCUT2D eigenvalue weighted by molar-refractivity contribution is -0.139. The van der Waals surface area contributed by atoms with Crippen LogP contribution in [0.2, 0.25) is 0 Å². The average Bonchev–Trinajstić information content (AvgIpc) is 2.96. The largest absolute Gasteiger partial charge is 0.492 e. The van der Waals surface area contributed by atoms with Crippen LogP contribution in [0.4, 0.5) is 0 Å². The molecular formula is C34H47N3O4. The van der Waals surface area contributed by atoms with Gasteiger partial charge in [-0.2, -0.15) is 0 Å². The summed E-state index contributed by atoms with van der Waals surface area (Å²) in [6.45, 7) is 10.6. The number of nitrogens with one attached hydrogen (secondary N) is 2. The molecule has 7 nitrogen and oxygen atoms in total. The molecule has 0 saturated heterocycles. The van der Waals surface area contributed by atoms with E-state index in [4.69, 9.17) is 10.5 Å². The maximum Gasteiger partial charge on any atom is 0.224 e. The summed E-state index contributed by atoms with van der Waals surface area (Å²) in [6.07, 6.45) is 4.46. The molecule has 1 unspecified atom stereocenters. The minimum Gasteiger partial charge on any atom is -0.492 e. The molecule has 2 aromatic carbocycles. The van der Waals surface area contributed by atoms with E-state index in [1.807, 2.05) is 65.0 Å². The van der Waals surface area contributed by atoms with E-state index in [-0.39, 0.29) is 29.6 Å². The number of amides is 2. The van der Waals surface area contributed by atoms with Gasteiger partial charge in [-0.15, -0.1) is 0 Å². The Morgan fingerprint density at radius 1 is 1.02 bits per heavy atom. The molecule has 0 fully saturated rings. The molecular weight excluding hydrogens is 514 g/mol. The van der Waals surface area contributed by atoms with Crippen LogP contribution in [0.5, 0.6) is 5.75 Å². The molecule has 2 aliphatic carbocycles. The van der Waals surface area contributed by atoms with Crippen molar-refractivity contribution < 1.29 is 19.1 Å². The highest BCUT2D eigenvalue weighted by molar-refractivity contribution is 5.96. The maximum absolute atomic E-state index is 14.4.